The number of carbonyl (C=O) groups is 2. The van der Waals surface area contributed by atoms with Gasteiger partial charge in [-0.1, -0.05) is 11.6 Å². The van der Waals surface area contributed by atoms with Crippen molar-refractivity contribution in [3.8, 4) is 0 Å². The van der Waals surface area contributed by atoms with Crippen molar-refractivity contribution in [3.63, 3.8) is 0 Å². The molecule has 0 unspecified atom stereocenters. The van der Waals surface area contributed by atoms with Gasteiger partial charge in [-0.05, 0) is 32.9 Å². The number of likely N-dealkylation sites (tertiary alicyclic amines) is 1. The summed E-state index contributed by atoms with van der Waals surface area (Å²) >= 11 is 5.76. The Balaban J connectivity index is 0.00000242. The van der Waals surface area contributed by atoms with Crippen molar-refractivity contribution in [2.24, 2.45) is 0 Å². The van der Waals surface area contributed by atoms with Crippen LogP contribution in [0.4, 0.5) is 4.79 Å². The molecule has 1 aliphatic heterocycles. The second kappa shape index (κ2) is 6.49. The predicted octanol–water partition coefficient (Wildman–Crippen LogP) is 1.66. The van der Waals surface area contributed by atoms with E-state index in [0.29, 0.717) is 10.7 Å². The summed E-state index contributed by atoms with van der Waals surface area (Å²) in [6, 6.07) is 3.16. The van der Waals surface area contributed by atoms with E-state index in [0.717, 1.165) is 0 Å². The van der Waals surface area contributed by atoms with Crippen molar-refractivity contribution in [1.29, 1.82) is 0 Å². The maximum absolute atomic E-state index is 11.9. The Morgan fingerprint density at radius 3 is 2.36 bits per heavy atom. The molecule has 22 heavy (non-hydrogen) atoms. The number of carboxylic acids is 1. The zero-order chi connectivity index (χ0) is 15.8. The molecule has 1 fully saturated rings. The molecule has 6 nitrogen and oxygen atoms in total. The van der Waals surface area contributed by atoms with E-state index in [9.17, 15) is 14.7 Å². The van der Waals surface area contributed by atoms with Gasteiger partial charge in [0, 0.05) is 19.3 Å². The molecule has 8 heteroatoms. The first-order valence-corrected chi connectivity index (χ1v) is 6.85. The SMILES string of the molecule is CC(C)(C)OC(=O)N1CC(C(=O)O)(c2ccc(Cl)cn2)C1.[LiH]. The van der Waals surface area contributed by atoms with Gasteiger partial charge in [0.15, 0.2) is 0 Å². The number of nitrogens with zero attached hydrogens (tertiary/aromatic N) is 2. The molecule has 1 N–H and O–H groups in total. The van der Waals surface area contributed by atoms with Crippen LogP contribution >= 0.6 is 11.6 Å². The number of aromatic nitrogens is 1. The second-order valence-electron chi connectivity index (χ2n) is 6.09. The molecule has 1 aromatic heterocycles. The van der Waals surface area contributed by atoms with Crippen LogP contribution in [-0.4, -0.2) is 64.6 Å². The van der Waals surface area contributed by atoms with E-state index in [-0.39, 0.29) is 32.0 Å². The van der Waals surface area contributed by atoms with E-state index in [1.165, 1.54) is 11.1 Å². The molecular weight excluding hydrogens is 303 g/mol. The van der Waals surface area contributed by atoms with Gasteiger partial charge >= 0.3 is 30.9 Å². The predicted molar refractivity (Wildman–Crippen MR) is 83.5 cm³/mol. The molecular formula is C14H18ClLiN2O4. The summed E-state index contributed by atoms with van der Waals surface area (Å²) in [7, 11) is 0. The number of amides is 1. The Kier molecular flexibility index (Phi) is 5.55. The third-order valence-corrected chi connectivity index (χ3v) is 3.42. The average Bonchev–Trinajstić information content (AvgIpc) is 2.27. The van der Waals surface area contributed by atoms with Crippen LogP contribution in [0.25, 0.3) is 0 Å². The first-order valence-electron chi connectivity index (χ1n) is 6.47. The molecule has 1 amide bonds. The van der Waals surface area contributed by atoms with E-state index in [2.05, 4.69) is 4.98 Å². The third-order valence-electron chi connectivity index (χ3n) is 3.20. The number of aliphatic carboxylic acids is 1. The molecule has 0 aliphatic carbocycles. The third kappa shape index (κ3) is 3.75. The first kappa shape index (κ1) is 18.8. The molecule has 0 saturated carbocycles. The molecule has 0 radical (unpaired) electrons. The summed E-state index contributed by atoms with van der Waals surface area (Å²) in [5.74, 6) is -1.02. The Hall–Kier alpha value is -1.22. The monoisotopic (exact) mass is 320 g/mol. The van der Waals surface area contributed by atoms with E-state index in [4.69, 9.17) is 16.3 Å². The van der Waals surface area contributed by atoms with Crippen molar-refractivity contribution in [3.05, 3.63) is 29.0 Å². The molecule has 1 saturated heterocycles. The van der Waals surface area contributed by atoms with Crippen molar-refractivity contribution in [1.82, 2.24) is 9.88 Å². The Morgan fingerprint density at radius 1 is 1.36 bits per heavy atom. The van der Waals surface area contributed by atoms with Crippen molar-refractivity contribution in [2.45, 2.75) is 31.8 Å². The molecule has 0 spiro atoms. The van der Waals surface area contributed by atoms with Crippen molar-refractivity contribution >= 4 is 42.5 Å². The Labute approximate surface area is 146 Å². The number of halogens is 1. The summed E-state index contributed by atoms with van der Waals surface area (Å²) in [4.78, 5) is 28.9. The molecule has 0 aromatic carbocycles. The topological polar surface area (TPSA) is 79.7 Å². The fourth-order valence-corrected chi connectivity index (χ4v) is 2.24. The van der Waals surface area contributed by atoms with E-state index in [1.54, 1.807) is 32.9 Å². The van der Waals surface area contributed by atoms with Gasteiger partial charge in [-0.2, -0.15) is 0 Å². The number of rotatable bonds is 2. The number of hydrogen-bond acceptors (Lipinski definition) is 4. The Morgan fingerprint density at radius 2 is 1.95 bits per heavy atom. The second-order valence-corrected chi connectivity index (χ2v) is 6.52. The summed E-state index contributed by atoms with van der Waals surface area (Å²) < 4.78 is 5.22. The van der Waals surface area contributed by atoms with Crippen molar-refractivity contribution < 1.29 is 19.4 Å². The van der Waals surface area contributed by atoms with Crippen LogP contribution < -0.4 is 0 Å². The van der Waals surface area contributed by atoms with Crippen LogP contribution in [0.3, 0.4) is 0 Å². The molecule has 2 rings (SSSR count). The first-order chi connectivity index (χ1) is 9.64. The van der Waals surface area contributed by atoms with Gasteiger partial charge in [-0.25, -0.2) is 4.79 Å². The Bertz CT molecular complexity index is 565. The number of carbonyl (C=O) groups excluding carboxylic acids is 1. The zero-order valence-electron chi connectivity index (χ0n) is 12.1. The van der Waals surface area contributed by atoms with Gasteiger partial charge in [0.05, 0.1) is 10.7 Å². The number of ether oxygens (including phenoxy) is 1. The van der Waals surface area contributed by atoms with E-state index in [1.807, 2.05) is 0 Å². The van der Waals surface area contributed by atoms with Gasteiger partial charge in [0.1, 0.15) is 11.0 Å². The van der Waals surface area contributed by atoms with E-state index < -0.39 is 23.1 Å². The van der Waals surface area contributed by atoms with Gasteiger partial charge in [0.2, 0.25) is 0 Å². The molecule has 116 valence electrons. The summed E-state index contributed by atoms with van der Waals surface area (Å²) in [6.07, 6.45) is 0.880. The standard InChI is InChI=1S/C14H17ClN2O4.Li.H/c1-13(2,3)21-12(20)17-7-14(8-17,11(18)19)10-5-4-9(15)6-16-10;;/h4-6H,7-8H2,1-3H3,(H,18,19);;. The molecule has 1 aliphatic rings. The summed E-state index contributed by atoms with van der Waals surface area (Å²) in [5.41, 5.74) is -1.42. The number of carboxylic acid groups (broad SMARTS) is 1. The molecule has 0 bridgehead atoms. The van der Waals surface area contributed by atoms with Gasteiger partial charge in [0.25, 0.3) is 0 Å². The quantitative estimate of drug-likeness (QED) is 0.838. The summed E-state index contributed by atoms with van der Waals surface area (Å²) in [5, 5.41) is 9.92. The molecule has 1 aromatic rings. The normalized spacial score (nSPS) is 16.3. The van der Waals surface area contributed by atoms with Crippen LogP contribution in [-0.2, 0) is 14.9 Å². The van der Waals surface area contributed by atoms with Gasteiger partial charge in [-0.15, -0.1) is 0 Å². The van der Waals surface area contributed by atoms with Gasteiger partial charge < -0.3 is 14.7 Å². The number of pyridine rings is 1. The fraction of sp³-hybridized carbons (Fsp3) is 0.500. The average molecular weight is 321 g/mol. The summed E-state index contributed by atoms with van der Waals surface area (Å²) in [6.45, 7) is 5.35. The minimum absolute atomic E-state index is 0. The van der Waals surface area contributed by atoms with Crippen molar-refractivity contribution in [2.75, 3.05) is 13.1 Å². The van der Waals surface area contributed by atoms with Crippen LogP contribution in [0.1, 0.15) is 26.5 Å². The molecule has 2 heterocycles. The minimum atomic E-state index is -1.19. The van der Waals surface area contributed by atoms with Crippen LogP contribution in [0.5, 0.6) is 0 Å². The van der Waals surface area contributed by atoms with Gasteiger partial charge in [-0.3, -0.25) is 9.78 Å². The van der Waals surface area contributed by atoms with Crippen LogP contribution in [0.2, 0.25) is 5.02 Å². The number of hydrogen-bond donors (Lipinski definition) is 1. The van der Waals surface area contributed by atoms with Crippen LogP contribution in [0.15, 0.2) is 18.3 Å². The van der Waals surface area contributed by atoms with E-state index >= 15 is 0 Å². The molecule has 0 atom stereocenters. The van der Waals surface area contributed by atoms with Crippen LogP contribution in [0, 0.1) is 0 Å². The zero-order valence-corrected chi connectivity index (χ0v) is 12.8. The maximum atomic E-state index is 11.9. The fourth-order valence-electron chi connectivity index (χ4n) is 2.13.